The van der Waals surface area contributed by atoms with Crippen LogP contribution >= 0.6 is 0 Å². The highest BCUT2D eigenvalue weighted by Crippen LogP contribution is 2.64. The molecule has 0 spiro atoms. The van der Waals surface area contributed by atoms with Crippen LogP contribution in [0.15, 0.2) is 36.7 Å². The smallest absolute Gasteiger partial charge is 0.355 e. The maximum absolute atomic E-state index is 14.6. The van der Waals surface area contributed by atoms with Crippen LogP contribution in [0.5, 0.6) is 0 Å². The van der Waals surface area contributed by atoms with E-state index in [1.807, 2.05) is 19.1 Å². The van der Waals surface area contributed by atoms with E-state index >= 15 is 0 Å². The van der Waals surface area contributed by atoms with Gasteiger partial charge in [0, 0.05) is 54.7 Å². The number of aromatic nitrogens is 5. The van der Waals surface area contributed by atoms with Gasteiger partial charge < -0.3 is 15.5 Å². The molecule has 1 saturated heterocycles. The van der Waals surface area contributed by atoms with E-state index in [4.69, 9.17) is 0 Å². The fourth-order valence-electron chi connectivity index (χ4n) is 8.24. The van der Waals surface area contributed by atoms with Gasteiger partial charge in [-0.2, -0.15) is 18.3 Å². The largest absolute Gasteiger partial charge is 0.433 e. The van der Waals surface area contributed by atoms with Crippen LogP contribution < -0.4 is 10.6 Å². The number of hydrogen-bond donors (Lipinski definition) is 2. The molecule has 4 aromatic rings. The number of anilines is 1. The number of Topliss-reactive ketones (excluding diaryl/α,β-unsaturated/α-hetero) is 1. The minimum absolute atomic E-state index is 0.0694. The van der Waals surface area contributed by atoms with E-state index in [1.54, 1.807) is 24.0 Å². The van der Waals surface area contributed by atoms with Crippen LogP contribution in [0, 0.1) is 25.2 Å². The van der Waals surface area contributed by atoms with Crippen molar-refractivity contribution in [2.24, 2.45) is 11.3 Å². The van der Waals surface area contributed by atoms with Crippen LogP contribution in [0.1, 0.15) is 85.5 Å². The molecule has 5 heterocycles. The van der Waals surface area contributed by atoms with Gasteiger partial charge in [0.05, 0.1) is 5.52 Å². The molecule has 53 heavy (non-hydrogen) atoms. The molecule has 3 aliphatic rings. The molecule has 3 amide bonds. The molecule has 1 aromatic carbocycles. The van der Waals surface area contributed by atoms with Gasteiger partial charge in [-0.1, -0.05) is 25.8 Å². The molecular formula is C38H41F3N8O4. The third-order valence-corrected chi connectivity index (χ3v) is 11.2. The molecule has 1 unspecified atom stereocenters. The van der Waals surface area contributed by atoms with Crippen LogP contribution in [-0.2, 0) is 33.5 Å². The molecule has 15 heteroatoms. The van der Waals surface area contributed by atoms with Gasteiger partial charge >= 0.3 is 6.18 Å². The summed E-state index contributed by atoms with van der Waals surface area (Å²) in [6.07, 6.45) is 3.05. The Bertz CT molecular complexity index is 2130. The minimum Gasteiger partial charge on any atom is -0.355 e. The molecule has 0 radical (unpaired) electrons. The van der Waals surface area contributed by atoms with E-state index in [9.17, 15) is 32.3 Å². The lowest BCUT2D eigenvalue weighted by molar-refractivity contribution is -0.141. The van der Waals surface area contributed by atoms with E-state index < -0.39 is 41.2 Å². The molecule has 1 saturated carbocycles. The Morgan fingerprint density at radius 2 is 1.72 bits per heavy atom. The Hall–Kier alpha value is -5.21. The van der Waals surface area contributed by atoms with Crippen molar-refractivity contribution in [3.63, 3.8) is 0 Å². The number of carbonyl (C=O) groups is 4. The van der Waals surface area contributed by atoms with E-state index in [0.717, 1.165) is 42.0 Å². The number of aryl methyl sites for hydroxylation is 3. The van der Waals surface area contributed by atoms with Crippen LogP contribution in [0.2, 0.25) is 0 Å². The summed E-state index contributed by atoms with van der Waals surface area (Å²) in [6.45, 7) is 6.68. The average molecular weight is 731 g/mol. The summed E-state index contributed by atoms with van der Waals surface area (Å²) in [4.78, 5) is 68.4. The first-order valence-corrected chi connectivity index (χ1v) is 17.9. The molecule has 1 aliphatic carbocycles. The summed E-state index contributed by atoms with van der Waals surface area (Å²) < 4.78 is 42.2. The van der Waals surface area contributed by atoms with Crippen molar-refractivity contribution in [2.45, 2.75) is 97.4 Å². The molecule has 2 fully saturated rings. The first-order valence-electron chi connectivity index (χ1n) is 17.9. The standard InChI is InChI=1S/C38H41F3N8O4/c1-20-11-12-29(38(39,40)41)45-35(20)46-36(53)28-15-37-19-44-30(51)10-8-6-5-7-9-24-13-25(26-16-42-23(4)43-17-26)14-27-32(22(3)50)47-48(33(24)27)18-31(52)49(28)34(37)21(37)2/h11-14,16-17,21,28,34H,5-10,15,18-19H2,1-4H3,(H,44,51)(H,45,46,53)/t21-,28-,34?,37+/m0/s1. The molecule has 2 aliphatic heterocycles. The summed E-state index contributed by atoms with van der Waals surface area (Å²) in [5.74, 6) is -1.19. The second-order valence-corrected chi connectivity index (χ2v) is 14.6. The van der Waals surface area contributed by atoms with E-state index in [1.165, 1.54) is 24.8 Å². The Labute approximate surface area is 304 Å². The number of halogens is 3. The lowest BCUT2D eigenvalue weighted by atomic mass is 9.95. The van der Waals surface area contributed by atoms with E-state index in [2.05, 4.69) is 30.7 Å². The highest BCUT2D eigenvalue weighted by atomic mass is 19.4. The van der Waals surface area contributed by atoms with Gasteiger partial charge in [0.15, 0.2) is 5.78 Å². The third kappa shape index (κ3) is 6.77. The maximum atomic E-state index is 14.6. The van der Waals surface area contributed by atoms with Gasteiger partial charge in [0.25, 0.3) is 0 Å². The van der Waals surface area contributed by atoms with Gasteiger partial charge in [0.1, 0.15) is 35.6 Å². The third-order valence-electron chi connectivity index (χ3n) is 11.2. The summed E-state index contributed by atoms with van der Waals surface area (Å²) in [5.41, 5.74) is 1.85. The molecular weight excluding hydrogens is 689 g/mol. The Kier molecular flexibility index (Phi) is 9.31. The second kappa shape index (κ2) is 13.6. The number of nitrogens with one attached hydrogen (secondary N) is 2. The number of pyridine rings is 1. The average Bonchev–Trinajstić information content (AvgIpc) is 3.37. The lowest BCUT2D eigenvalue weighted by Crippen LogP contribution is -2.47. The number of alkyl halides is 3. The summed E-state index contributed by atoms with van der Waals surface area (Å²) in [5, 5.41) is 10.9. The van der Waals surface area contributed by atoms with Gasteiger partial charge in [-0.15, -0.1) is 0 Å². The minimum atomic E-state index is -4.72. The maximum Gasteiger partial charge on any atom is 0.433 e. The van der Waals surface area contributed by atoms with E-state index in [0.29, 0.717) is 41.6 Å². The van der Waals surface area contributed by atoms with Crippen LogP contribution in [-0.4, -0.2) is 71.8 Å². The number of carbonyl (C=O) groups excluding carboxylic acids is 4. The van der Waals surface area contributed by atoms with Crippen molar-refractivity contribution in [2.75, 3.05) is 11.9 Å². The summed E-state index contributed by atoms with van der Waals surface area (Å²) in [7, 11) is 0. The summed E-state index contributed by atoms with van der Waals surface area (Å²) in [6, 6.07) is 4.48. The van der Waals surface area contributed by atoms with E-state index in [-0.39, 0.29) is 48.6 Å². The molecule has 4 atom stereocenters. The highest BCUT2D eigenvalue weighted by Gasteiger charge is 2.72. The van der Waals surface area contributed by atoms with Crippen molar-refractivity contribution in [3.05, 3.63) is 65.0 Å². The quantitative estimate of drug-likeness (QED) is 0.258. The summed E-state index contributed by atoms with van der Waals surface area (Å²) >= 11 is 0. The number of piperidine rings is 1. The monoisotopic (exact) mass is 730 g/mol. The Balaban J connectivity index is 1.30. The number of amides is 3. The van der Waals surface area contributed by atoms with Crippen molar-refractivity contribution in [3.8, 4) is 11.1 Å². The van der Waals surface area contributed by atoms with Crippen LogP contribution in [0.3, 0.4) is 0 Å². The molecule has 12 nitrogen and oxygen atoms in total. The fraction of sp³-hybridized carbons (Fsp3) is 0.474. The number of ketones is 1. The Morgan fingerprint density at radius 1 is 1.00 bits per heavy atom. The molecule has 3 aromatic heterocycles. The zero-order valence-corrected chi connectivity index (χ0v) is 30.0. The number of hydrogen-bond acceptors (Lipinski definition) is 8. The predicted molar refractivity (Wildman–Crippen MR) is 189 cm³/mol. The first-order chi connectivity index (χ1) is 25.2. The lowest BCUT2D eigenvalue weighted by Gasteiger charge is -2.28. The van der Waals surface area contributed by atoms with Crippen molar-refractivity contribution in [1.29, 1.82) is 0 Å². The van der Waals surface area contributed by atoms with Crippen LogP contribution in [0.25, 0.3) is 22.0 Å². The van der Waals surface area contributed by atoms with Crippen molar-refractivity contribution < 1.29 is 32.3 Å². The fourth-order valence-corrected chi connectivity index (χ4v) is 8.24. The van der Waals surface area contributed by atoms with Gasteiger partial charge in [-0.3, -0.25) is 23.9 Å². The van der Waals surface area contributed by atoms with Crippen molar-refractivity contribution in [1.82, 2.24) is 34.9 Å². The second-order valence-electron chi connectivity index (χ2n) is 14.6. The van der Waals surface area contributed by atoms with Crippen LogP contribution in [0.4, 0.5) is 19.0 Å². The van der Waals surface area contributed by atoms with Crippen molar-refractivity contribution >= 4 is 40.2 Å². The number of benzene rings is 1. The molecule has 2 N–H and O–H groups in total. The molecule has 2 bridgehead atoms. The molecule has 7 rings (SSSR count). The van der Waals surface area contributed by atoms with Gasteiger partial charge in [0.2, 0.25) is 17.7 Å². The number of rotatable bonds is 4. The Morgan fingerprint density at radius 3 is 2.42 bits per heavy atom. The zero-order valence-electron chi connectivity index (χ0n) is 30.0. The zero-order chi connectivity index (χ0) is 37.8. The SMILES string of the molecule is CC(=O)c1nn2c3c(cc(-c4cnc(C)nc4)cc13)CCCCCCC(=O)NC[C@@]13C[C@@H](C(=O)Nc4nc(C(F)(F)F)ccc4C)N(C(=O)C2)C1[C@@H]3C. The normalized spacial score (nSPS) is 23.7. The topological polar surface area (TPSA) is 152 Å². The first kappa shape index (κ1) is 36.2. The number of nitrogens with zero attached hydrogens (tertiary/aromatic N) is 6. The molecule has 278 valence electrons. The van der Waals surface area contributed by atoms with Gasteiger partial charge in [-0.25, -0.2) is 15.0 Å². The highest BCUT2D eigenvalue weighted by molar-refractivity contribution is 6.07. The predicted octanol–water partition coefficient (Wildman–Crippen LogP) is 5.59. The van der Waals surface area contributed by atoms with Gasteiger partial charge in [-0.05, 0) is 80.3 Å².